The summed E-state index contributed by atoms with van der Waals surface area (Å²) in [4.78, 5) is 23.2. The number of nitrogens with one attached hydrogen (secondary N) is 2. The number of benzene rings is 1. The van der Waals surface area contributed by atoms with Crippen molar-refractivity contribution in [2.75, 3.05) is 6.54 Å². The van der Waals surface area contributed by atoms with Crippen LogP contribution >= 0.6 is 11.6 Å². The van der Waals surface area contributed by atoms with Gasteiger partial charge in [0.05, 0.1) is 18.5 Å². The topological polar surface area (TPSA) is 83.7 Å². The highest BCUT2D eigenvalue weighted by Crippen LogP contribution is 2.10. The third-order valence-electron chi connectivity index (χ3n) is 2.76. The molecule has 0 fully saturated rings. The molecule has 0 aliphatic rings. The number of hydrogen-bond acceptors (Lipinski definition) is 4. The summed E-state index contributed by atoms with van der Waals surface area (Å²) < 4.78 is 4.91. The molecule has 0 unspecified atom stereocenters. The third-order valence-corrected chi connectivity index (χ3v) is 3.02. The Morgan fingerprint density at radius 3 is 2.59 bits per heavy atom. The molecule has 6 nitrogen and oxygen atoms in total. The first-order valence-electron chi connectivity index (χ1n) is 6.47. The maximum absolute atomic E-state index is 11.6. The highest BCUT2D eigenvalue weighted by atomic mass is 35.5. The zero-order valence-corrected chi connectivity index (χ0v) is 12.6. The van der Waals surface area contributed by atoms with Crippen LogP contribution < -0.4 is 10.7 Å². The molecule has 0 aliphatic carbocycles. The SMILES string of the molecule is C/C(=N/NC(=O)CNC(=O)c1ccco1)c1ccc(Cl)cc1. The van der Waals surface area contributed by atoms with Crippen molar-refractivity contribution >= 4 is 29.1 Å². The van der Waals surface area contributed by atoms with Crippen molar-refractivity contribution in [2.24, 2.45) is 5.10 Å². The summed E-state index contributed by atoms with van der Waals surface area (Å²) >= 11 is 5.80. The average molecular weight is 320 g/mol. The van der Waals surface area contributed by atoms with Crippen LogP contribution in [-0.2, 0) is 4.79 Å². The molecule has 22 heavy (non-hydrogen) atoms. The minimum Gasteiger partial charge on any atom is -0.459 e. The molecular formula is C15H14ClN3O3. The molecule has 0 saturated carbocycles. The van der Waals surface area contributed by atoms with Crippen LogP contribution in [0.1, 0.15) is 23.0 Å². The Hall–Kier alpha value is -2.60. The van der Waals surface area contributed by atoms with Gasteiger partial charge < -0.3 is 9.73 Å². The number of rotatable bonds is 5. The first kappa shape index (κ1) is 15.8. The molecule has 1 heterocycles. The smallest absolute Gasteiger partial charge is 0.287 e. The van der Waals surface area contributed by atoms with Crippen molar-refractivity contribution in [2.45, 2.75) is 6.92 Å². The number of nitrogens with zero attached hydrogens (tertiary/aromatic N) is 1. The fourth-order valence-electron chi connectivity index (χ4n) is 1.60. The lowest BCUT2D eigenvalue weighted by atomic mass is 10.1. The maximum Gasteiger partial charge on any atom is 0.287 e. The van der Waals surface area contributed by atoms with Crippen LogP contribution in [0.2, 0.25) is 5.02 Å². The molecule has 0 spiro atoms. The van der Waals surface area contributed by atoms with E-state index in [0.717, 1.165) is 5.56 Å². The van der Waals surface area contributed by atoms with E-state index in [4.69, 9.17) is 16.0 Å². The van der Waals surface area contributed by atoms with Crippen LogP contribution in [0.25, 0.3) is 0 Å². The predicted molar refractivity (Wildman–Crippen MR) is 82.8 cm³/mol. The van der Waals surface area contributed by atoms with Gasteiger partial charge in [-0.25, -0.2) is 5.43 Å². The molecule has 2 amide bonds. The van der Waals surface area contributed by atoms with E-state index in [2.05, 4.69) is 15.8 Å². The van der Waals surface area contributed by atoms with E-state index in [1.165, 1.54) is 12.3 Å². The second kappa shape index (κ2) is 7.42. The standard InChI is InChI=1S/C15H14ClN3O3/c1-10(11-4-6-12(16)7-5-11)18-19-14(20)9-17-15(21)13-3-2-8-22-13/h2-8H,9H2,1H3,(H,17,21)(H,19,20)/b18-10-. The van der Waals surface area contributed by atoms with Gasteiger partial charge in [-0.15, -0.1) is 0 Å². The molecule has 114 valence electrons. The summed E-state index contributed by atoms with van der Waals surface area (Å²) in [5.41, 5.74) is 3.83. The Labute approximate surface area is 132 Å². The number of hydrogen-bond donors (Lipinski definition) is 2. The number of hydrazone groups is 1. The van der Waals surface area contributed by atoms with Gasteiger partial charge in [-0.3, -0.25) is 9.59 Å². The number of carbonyl (C=O) groups is 2. The minimum atomic E-state index is -0.460. The van der Waals surface area contributed by atoms with Crippen molar-refractivity contribution < 1.29 is 14.0 Å². The summed E-state index contributed by atoms with van der Waals surface area (Å²) in [6, 6.07) is 10.2. The van der Waals surface area contributed by atoms with E-state index in [0.29, 0.717) is 10.7 Å². The lowest BCUT2D eigenvalue weighted by Crippen LogP contribution is -2.35. The summed E-state index contributed by atoms with van der Waals surface area (Å²) in [6.07, 6.45) is 1.38. The summed E-state index contributed by atoms with van der Waals surface area (Å²) in [6.45, 7) is 1.56. The van der Waals surface area contributed by atoms with E-state index in [-0.39, 0.29) is 12.3 Å². The average Bonchev–Trinajstić information content (AvgIpc) is 3.05. The lowest BCUT2D eigenvalue weighted by Gasteiger charge is -2.04. The van der Waals surface area contributed by atoms with E-state index in [1.807, 2.05) is 0 Å². The van der Waals surface area contributed by atoms with E-state index < -0.39 is 11.8 Å². The van der Waals surface area contributed by atoms with Crippen molar-refractivity contribution in [3.63, 3.8) is 0 Å². The second-order valence-corrected chi connectivity index (χ2v) is 4.84. The Balaban J connectivity index is 1.83. The van der Waals surface area contributed by atoms with Crippen LogP contribution in [0.3, 0.4) is 0 Å². The van der Waals surface area contributed by atoms with Gasteiger partial charge >= 0.3 is 0 Å². The van der Waals surface area contributed by atoms with Gasteiger partial charge in [-0.2, -0.15) is 5.10 Å². The van der Waals surface area contributed by atoms with Gasteiger partial charge in [0.2, 0.25) is 0 Å². The highest BCUT2D eigenvalue weighted by molar-refractivity contribution is 6.30. The number of halogens is 1. The van der Waals surface area contributed by atoms with E-state index in [1.54, 1.807) is 37.3 Å². The zero-order valence-electron chi connectivity index (χ0n) is 11.8. The normalized spacial score (nSPS) is 11.1. The van der Waals surface area contributed by atoms with Crippen LogP contribution in [0.15, 0.2) is 52.2 Å². The number of carbonyl (C=O) groups excluding carboxylic acids is 2. The van der Waals surface area contributed by atoms with Crippen LogP contribution in [0.5, 0.6) is 0 Å². The second-order valence-electron chi connectivity index (χ2n) is 4.40. The number of amides is 2. The monoisotopic (exact) mass is 319 g/mol. The Bertz CT molecular complexity index is 679. The molecule has 1 aromatic carbocycles. The molecule has 0 radical (unpaired) electrons. The van der Waals surface area contributed by atoms with Gasteiger partial charge in [0, 0.05) is 5.02 Å². The fourth-order valence-corrected chi connectivity index (χ4v) is 1.72. The van der Waals surface area contributed by atoms with Crippen LogP contribution in [0.4, 0.5) is 0 Å². The molecule has 7 heteroatoms. The molecule has 2 aromatic rings. The molecule has 1 aromatic heterocycles. The summed E-state index contributed by atoms with van der Waals surface area (Å²) in [5.74, 6) is -0.750. The largest absolute Gasteiger partial charge is 0.459 e. The molecule has 2 N–H and O–H groups in total. The van der Waals surface area contributed by atoms with Crippen LogP contribution in [0, 0.1) is 0 Å². The maximum atomic E-state index is 11.6. The van der Waals surface area contributed by atoms with Crippen molar-refractivity contribution in [3.8, 4) is 0 Å². The Kier molecular flexibility index (Phi) is 5.32. The van der Waals surface area contributed by atoms with Gasteiger partial charge in [0.15, 0.2) is 5.76 Å². The third kappa shape index (κ3) is 4.46. The minimum absolute atomic E-state index is 0.147. The van der Waals surface area contributed by atoms with E-state index in [9.17, 15) is 9.59 Å². The molecule has 0 bridgehead atoms. The summed E-state index contributed by atoms with van der Waals surface area (Å²) in [5, 5.41) is 7.01. The fraction of sp³-hybridized carbons (Fsp3) is 0.133. The van der Waals surface area contributed by atoms with Gasteiger partial charge in [0.25, 0.3) is 11.8 Å². The predicted octanol–water partition coefficient (Wildman–Crippen LogP) is 2.20. The first-order chi connectivity index (χ1) is 10.6. The van der Waals surface area contributed by atoms with Crippen molar-refractivity contribution in [3.05, 3.63) is 59.0 Å². The molecule has 0 aliphatic heterocycles. The molecular weight excluding hydrogens is 306 g/mol. The molecule has 2 rings (SSSR count). The summed E-state index contributed by atoms with van der Waals surface area (Å²) in [7, 11) is 0. The van der Waals surface area contributed by atoms with Gasteiger partial charge in [0.1, 0.15) is 0 Å². The van der Waals surface area contributed by atoms with Gasteiger partial charge in [-0.05, 0) is 36.8 Å². The molecule has 0 saturated heterocycles. The number of furan rings is 1. The lowest BCUT2D eigenvalue weighted by molar-refractivity contribution is -0.120. The zero-order chi connectivity index (χ0) is 15.9. The van der Waals surface area contributed by atoms with Crippen molar-refractivity contribution in [1.29, 1.82) is 0 Å². The van der Waals surface area contributed by atoms with Crippen molar-refractivity contribution in [1.82, 2.24) is 10.7 Å². The van der Waals surface area contributed by atoms with E-state index >= 15 is 0 Å². The quantitative estimate of drug-likeness (QED) is 0.654. The first-order valence-corrected chi connectivity index (χ1v) is 6.85. The molecule has 0 atom stereocenters. The van der Waals surface area contributed by atoms with Gasteiger partial charge in [-0.1, -0.05) is 23.7 Å². The Morgan fingerprint density at radius 1 is 1.23 bits per heavy atom. The Morgan fingerprint density at radius 2 is 1.95 bits per heavy atom. The highest BCUT2D eigenvalue weighted by Gasteiger charge is 2.09. The van der Waals surface area contributed by atoms with Crippen LogP contribution in [-0.4, -0.2) is 24.1 Å².